The first-order valence-corrected chi connectivity index (χ1v) is 15.5. The van der Waals surface area contributed by atoms with Crippen molar-refractivity contribution in [3.63, 3.8) is 0 Å². The SMILES string of the molecule is CCCCCCCC(CC(Oc1ccccc1)C(=O)O)OC(CCCCCCC)CC(Oc1ccccc1)C(=O)O. The molecule has 7 heteroatoms. The molecule has 228 valence electrons. The van der Waals surface area contributed by atoms with Crippen LogP contribution in [0.15, 0.2) is 60.7 Å². The van der Waals surface area contributed by atoms with Crippen molar-refractivity contribution < 1.29 is 34.0 Å². The summed E-state index contributed by atoms with van der Waals surface area (Å²) in [7, 11) is 0. The van der Waals surface area contributed by atoms with Crippen molar-refractivity contribution >= 4 is 11.9 Å². The molecule has 2 aromatic carbocycles. The standard InChI is InChI=1S/C34H50O7/c1-3-5-7-9-13-23-29(25-31(33(35)36)40-27-19-15-11-16-20-27)39-30(24-14-10-8-6-4-2)26-32(34(37)38)41-28-21-17-12-18-22-28/h11-12,15-22,29-32H,3-10,13-14,23-26H2,1-2H3,(H,35,36)(H,37,38). The minimum absolute atomic E-state index is 0.182. The number of carbonyl (C=O) groups is 2. The molecule has 0 saturated carbocycles. The highest BCUT2D eigenvalue weighted by atomic mass is 16.5. The number of carboxylic acids is 2. The second-order valence-corrected chi connectivity index (χ2v) is 10.8. The van der Waals surface area contributed by atoms with Gasteiger partial charge in [-0.1, -0.05) is 114 Å². The van der Waals surface area contributed by atoms with Gasteiger partial charge in [0.2, 0.25) is 0 Å². The van der Waals surface area contributed by atoms with Crippen LogP contribution >= 0.6 is 0 Å². The summed E-state index contributed by atoms with van der Waals surface area (Å²) in [5.41, 5.74) is 0. The summed E-state index contributed by atoms with van der Waals surface area (Å²) in [6, 6.07) is 17.9. The molecular formula is C34H50O7. The summed E-state index contributed by atoms with van der Waals surface area (Å²) >= 11 is 0. The van der Waals surface area contributed by atoms with E-state index in [4.69, 9.17) is 14.2 Å². The average molecular weight is 571 g/mol. The van der Waals surface area contributed by atoms with E-state index >= 15 is 0 Å². The fourth-order valence-corrected chi connectivity index (χ4v) is 4.91. The predicted octanol–water partition coefficient (Wildman–Crippen LogP) is 8.31. The predicted molar refractivity (Wildman–Crippen MR) is 162 cm³/mol. The van der Waals surface area contributed by atoms with Crippen LogP contribution in [0.5, 0.6) is 11.5 Å². The Kier molecular flexibility index (Phi) is 17.3. The molecule has 4 atom stereocenters. The highest BCUT2D eigenvalue weighted by molar-refractivity contribution is 5.73. The Hall–Kier alpha value is -3.06. The van der Waals surface area contributed by atoms with Crippen LogP contribution < -0.4 is 9.47 Å². The molecular weight excluding hydrogens is 520 g/mol. The molecule has 0 amide bonds. The molecule has 0 saturated heterocycles. The van der Waals surface area contributed by atoms with Crippen molar-refractivity contribution in [2.75, 3.05) is 0 Å². The highest BCUT2D eigenvalue weighted by Crippen LogP contribution is 2.25. The van der Waals surface area contributed by atoms with Crippen molar-refractivity contribution in [2.24, 2.45) is 0 Å². The van der Waals surface area contributed by atoms with Crippen LogP contribution in [0.2, 0.25) is 0 Å². The molecule has 41 heavy (non-hydrogen) atoms. The van der Waals surface area contributed by atoms with Gasteiger partial charge in [0, 0.05) is 12.8 Å². The summed E-state index contributed by atoms with van der Waals surface area (Å²) in [4.78, 5) is 24.4. The monoisotopic (exact) mass is 570 g/mol. The minimum Gasteiger partial charge on any atom is -0.479 e. The van der Waals surface area contributed by atoms with Crippen molar-refractivity contribution in [1.82, 2.24) is 0 Å². The number of para-hydroxylation sites is 2. The molecule has 0 bridgehead atoms. The van der Waals surface area contributed by atoms with Crippen LogP contribution in [0.3, 0.4) is 0 Å². The van der Waals surface area contributed by atoms with Crippen molar-refractivity contribution in [3.05, 3.63) is 60.7 Å². The van der Waals surface area contributed by atoms with E-state index in [9.17, 15) is 19.8 Å². The van der Waals surface area contributed by atoms with Gasteiger partial charge < -0.3 is 24.4 Å². The van der Waals surface area contributed by atoms with Gasteiger partial charge in [-0.3, -0.25) is 0 Å². The Morgan fingerprint density at radius 1 is 0.585 bits per heavy atom. The quantitative estimate of drug-likeness (QED) is 0.122. The fourth-order valence-electron chi connectivity index (χ4n) is 4.91. The topological polar surface area (TPSA) is 102 Å². The van der Waals surface area contributed by atoms with Crippen LogP contribution in [-0.4, -0.2) is 46.6 Å². The van der Waals surface area contributed by atoms with Gasteiger partial charge in [0.25, 0.3) is 0 Å². The molecule has 7 nitrogen and oxygen atoms in total. The van der Waals surface area contributed by atoms with Gasteiger partial charge in [0.15, 0.2) is 12.2 Å². The molecule has 2 rings (SSSR count). The number of hydrogen-bond donors (Lipinski definition) is 2. The molecule has 0 aliphatic heterocycles. The zero-order chi connectivity index (χ0) is 29.7. The Bertz CT molecular complexity index is 873. The lowest BCUT2D eigenvalue weighted by Gasteiger charge is -2.29. The molecule has 0 aliphatic rings. The Morgan fingerprint density at radius 3 is 1.29 bits per heavy atom. The van der Waals surface area contributed by atoms with Crippen LogP contribution in [0.25, 0.3) is 0 Å². The van der Waals surface area contributed by atoms with Crippen LogP contribution in [0, 0.1) is 0 Å². The lowest BCUT2D eigenvalue weighted by atomic mass is 10.0. The van der Waals surface area contributed by atoms with E-state index in [0.717, 1.165) is 64.2 Å². The number of aliphatic carboxylic acids is 2. The summed E-state index contributed by atoms with van der Waals surface area (Å²) < 4.78 is 18.3. The molecule has 0 aromatic heterocycles. The van der Waals surface area contributed by atoms with Crippen LogP contribution in [0.1, 0.15) is 104 Å². The van der Waals surface area contributed by atoms with Crippen molar-refractivity contribution in [1.29, 1.82) is 0 Å². The number of carboxylic acid groups (broad SMARTS) is 2. The molecule has 2 aromatic rings. The third kappa shape index (κ3) is 14.9. The van der Waals surface area contributed by atoms with Gasteiger partial charge in [-0.25, -0.2) is 9.59 Å². The Balaban J connectivity index is 2.19. The maximum atomic E-state index is 12.2. The molecule has 0 aliphatic carbocycles. The molecule has 0 fully saturated rings. The highest BCUT2D eigenvalue weighted by Gasteiger charge is 2.30. The lowest BCUT2D eigenvalue weighted by Crippen LogP contribution is -2.37. The molecule has 0 radical (unpaired) electrons. The van der Waals surface area contributed by atoms with Gasteiger partial charge in [-0.05, 0) is 37.1 Å². The first kappa shape index (κ1) is 34.1. The minimum atomic E-state index is -1.07. The number of unbranched alkanes of at least 4 members (excludes halogenated alkanes) is 8. The van der Waals surface area contributed by atoms with E-state index in [1.54, 1.807) is 24.3 Å². The number of rotatable bonds is 24. The number of benzene rings is 2. The van der Waals surface area contributed by atoms with Crippen molar-refractivity contribution in [3.8, 4) is 11.5 Å². The molecule has 4 unspecified atom stereocenters. The summed E-state index contributed by atoms with van der Waals surface area (Å²) in [5, 5.41) is 20.0. The van der Waals surface area contributed by atoms with Gasteiger partial charge >= 0.3 is 11.9 Å². The Morgan fingerprint density at radius 2 is 0.951 bits per heavy atom. The first-order valence-electron chi connectivity index (χ1n) is 15.5. The van der Waals surface area contributed by atoms with E-state index in [1.807, 2.05) is 36.4 Å². The number of ether oxygens (including phenoxy) is 3. The Labute approximate surface area is 246 Å². The number of hydrogen-bond acceptors (Lipinski definition) is 5. The van der Waals surface area contributed by atoms with E-state index in [2.05, 4.69) is 13.8 Å². The third-order valence-corrected chi connectivity index (χ3v) is 7.19. The van der Waals surface area contributed by atoms with E-state index in [0.29, 0.717) is 24.3 Å². The largest absolute Gasteiger partial charge is 0.479 e. The van der Waals surface area contributed by atoms with E-state index in [1.165, 1.54) is 0 Å². The maximum Gasteiger partial charge on any atom is 0.344 e. The molecule has 2 N–H and O–H groups in total. The first-order chi connectivity index (χ1) is 19.9. The molecule has 0 spiro atoms. The maximum absolute atomic E-state index is 12.2. The third-order valence-electron chi connectivity index (χ3n) is 7.19. The second-order valence-electron chi connectivity index (χ2n) is 10.8. The van der Waals surface area contributed by atoms with Gasteiger partial charge in [-0.15, -0.1) is 0 Å². The van der Waals surface area contributed by atoms with Gasteiger partial charge in [0.05, 0.1) is 12.2 Å². The van der Waals surface area contributed by atoms with Gasteiger partial charge in [0.1, 0.15) is 11.5 Å². The zero-order valence-corrected chi connectivity index (χ0v) is 24.9. The second kappa shape index (κ2) is 20.8. The summed E-state index contributed by atoms with van der Waals surface area (Å²) in [6.45, 7) is 4.34. The van der Waals surface area contributed by atoms with Crippen LogP contribution in [0.4, 0.5) is 0 Å². The lowest BCUT2D eigenvalue weighted by molar-refractivity contribution is -0.150. The average Bonchev–Trinajstić information content (AvgIpc) is 2.97. The normalized spacial score (nSPS) is 14.1. The summed E-state index contributed by atoms with van der Waals surface area (Å²) in [5.74, 6) is -1.09. The smallest absolute Gasteiger partial charge is 0.344 e. The fraction of sp³-hybridized carbons (Fsp3) is 0.588. The van der Waals surface area contributed by atoms with Crippen molar-refractivity contribution in [2.45, 2.75) is 128 Å². The van der Waals surface area contributed by atoms with Crippen LogP contribution in [-0.2, 0) is 14.3 Å². The zero-order valence-electron chi connectivity index (χ0n) is 24.9. The van der Waals surface area contributed by atoms with E-state index < -0.39 is 24.1 Å². The van der Waals surface area contributed by atoms with E-state index in [-0.39, 0.29) is 25.0 Å². The van der Waals surface area contributed by atoms with Gasteiger partial charge in [-0.2, -0.15) is 0 Å². The molecule has 0 heterocycles. The summed E-state index contributed by atoms with van der Waals surface area (Å²) in [6.07, 6.45) is 9.61.